The van der Waals surface area contributed by atoms with Gasteiger partial charge in [-0.1, -0.05) is 194 Å². The predicted octanol–water partition coefficient (Wildman–Crippen LogP) is 12.1. The van der Waals surface area contributed by atoms with Crippen LogP contribution in [0.25, 0.3) is 0 Å². The van der Waals surface area contributed by atoms with Gasteiger partial charge in [-0.3, -0.25) is 0 Å². The number of aliphatic hydroxyl groups excluding tert-OH is 1. The zero-order valence-corrected chi connectivity index (χ0v) is 24.2. The van der Waals surface area contributed by atoms with Gasteiger partial charge in [-0.15, -0.1) is 0 Å². The summed E-state index contributed by atoms with van der Waals surface area (Å²) >= 11 is 0. The monoisotopic (exact) mass is 481 g/mol. The second kappa shape index (κ2) is 31.0. The highest BCUT2D eigenvalue weighted by molar-refractivity contribution is 4.57. The summed E-state index contributed by atoms with van der Waals surface area (Å²) in [6.07, 6.45) is 41.8. The van der Waals surface area contributed by atoms with Crippen molar-refractivity contribution in [3.05, 3.63) is 0 Å². The van der Waals surface area contributed by atoms with Crippen LogP contribution in [0.3, 0.4) is 0 Å². The summed E-state index contributed by atoms with van der Waals surface area (Å²) in [5.74, 6) is 0. The second-order valence-corrected chi connectivity index (χ2v) is 11.4. The van der Waals surface area contributed by atoms with Gasteiger partial charge >= 0.3 is 0 Å². The van der Waals surface area contributed by atoms with Gasteiger partial charge in [-0.25, -0.2) is 0 Å². The fraction of sp³-hybridized carbons (Fsp3) is 1.00. The van der Waals surface area contributed by atoms with Gasteiger partial charge in [0.1, 0.15) is 0 Å². The molecule has 0 fully saturated rings. The molecule has 0 radical (unpaired) electrons. The van der Waals surface area contributed by atoms with E-state index in [-0.39, 0.29) is 6.10 Å². The summed E-state index contributed by atoms with van der Waals surface area (Å²) in [5, 5.41) is 9.96. The van der Waals surface area contributed by atoms with E-state index in [1.807, 2.05) is 0 Å². The molecule has 0 aromatic carbocycles. The topological polar surface area (TPSA) is 20.2 Å². The smallest absolute Gasteiger partial charge is 0.0540 e. The third-order valence-electron chi connectivity index (χ3n) is 7.78. The largest absolute Gasteiger partial charge is 0.393 e. The molecular weight excluding hydrogens is 412 g/mol. The lowest BCUT2D eigenvalue weighted by Gasteiger charge is -2.09. The summed E-state index contributed by atoms with van der Waals surface area (Å²) in [6, 6.07) is 0. The molecule has 0 saturated heterocycles. The summed E-state index contributed by atoms with van der Waals surface area (Å²) in [5.41, 5.74) is 0. The maximum absolute atomic E-state index is 9.96. The Morgan fingerprint density at radius 3 is 0.735 bits per heavy atom. The van der Waals surface area contributed by atoms with Gasteiger partial charge in [0, 0.05) is 0 Å². The van der Waals surface area contributed by atoms with Crippen LogP contribution in [0.2, 0.25) is 0 Å². The molecule has 0 aliphatic rings. The first-order valence-electron chi connectivity index (χ1n) is 16.5. The molecule has 0 aliphatic carbocycles. The molecule has 0 spiro atoms. The van der Waals surface area contributed by atoms with Gasteiger partial charge in [0.25, 0.3) is 0 Å². The van der Waals surface area contributed by atoms with E-state index in [2.05, 4.69) is 13.8 Å². The average Bonchev–Trinajstić information content (AvgIpc) is 2.84. The van der Waals surface area contributed by atoms with E-state index < -0.39 is 0 Å². The van der Waals surface area contributed by atoms with Crippen LogP contribution >= 0.6 is 0 Å². The lowest BCUT2D eigenvalue weighted by atomic mass is 10.0. The Morgan fingerprint density at radius 1 is 0.294 bits per heavy atom. The minimum Gasteiger partial charge on any atom is -0.393 e. The Labute approximate surface area is 217 Å². The van der Waals surface area contributed by atoms with E-state index in [4.69, 9.17) is 0 Å². The van der Waals surface area contributed by atoms with Crippen LogP contribution in [0, 0.1) is 0 Å². The molecule has 0 bridgehead atoms. The summed E-state index contributed by atoms with van der Waals surface area (Å²) in [7, 11) is 0. The van der Waals surface area contributed by atoms with Gasteiger partial charge in [0.15, 0.2) is 0 Å². The van der Waals surface area contributed by atoms with Crippen LogP contribution in [0.5, 0.6) is 0 Å². The molecule has 0 rings (SSSR count). The quantitative estimate of drug-likeness (QED) is 0.101. The molecule has 1 atom stereocenters. The zero-order valence-electron chi connectivity index (χ0n) is 24.2. The van der Waals surface area contributed by atoms with Gasteiger partial charge in [0.05, 0.1) is 6.10 Å². The fourth-order valence-electron chi connectivity index (χ4n) is 5.29. The predicted molar refractivity (Wildman–Crippen MR) is 156 cm³/mol. The van der Waals surface area contributed by atoms with Crippen molar-refractivity contribution in [2.45, 2.75) is 213 Å². The number of unbranched alkanes of at least 4 members (excludes halogenated alkanes) is 26. The van der Waals surface area contributed by atoms with Crippen LogP contribution in [-0.2, 0) is 0 Å². The van der Waals surface area contributed by atoms with Gasteiger partial charge in [-0.2, -0.15) is 0 Å². The maximum atomic E-state index is 9.96. The maximum Gasteiger partial charge on any atom is 0.0540 e. The molecule has 206 valence electrons. The minimum absolute atomic E-state index is 0.0314. The molecule has 0 aromatic rings. The molecule has 1 nitrogen and oxygen atoms in total. The Kier molecular flexibility index (Phi) is 31.0. The normalized spacial score (nSPS) is 12.4. The van der Waals surface area contributed by atoms with Crippen molar-refractivity contribution < 1.29 is 5.11 Å². The summed E-state index contributed by atoms with van der Waals surface area (Å²) in [6.45, 7) is 4.53. The fourth-order valence-corrected chi connectivity index (χ4v) is 5.29. The SMILES string of the molecule is CCCCCCCCCCCCCCCCCCCCCCCCCCC[C@H](O)CCCCC. The lowest BCUT2D eigenvalue weighted by Crippen LogP contribution is -2.05. The van der Waals surface area contributed by atoms with Crippen molar-refractivity contribution in [1.82, 2.24) is 0 Å². The van der Waals surface area contributed by atoms with Crippen molar-refractivity contribution in [2.75, 3.05) is 0 Å². The molecule has 1 N–H and O–H groups in total. The molecule has 34 heavy (non-hydrogen) atoms. The Morgan fingerprint density at radius 2 is 0.471 bits per heavy atom. The van der Waals surface area contributed by atoms with Crippen molar-refractivity contribution in [1.29, 1.82) is 0 Å². The molecule has 0 unspecified atom stereocenters. The summed E-state index contributed by atoms with van der Waals surface area (Å²) in [4.78, 5) is 0. The van der Waals surface area contributed by atoms with E-state index in [1.54, 1.807) is 0 Å². The van der Waals surface area contributed by atoms with Crippen LogP contribution < -0.4 is 0 Å². The third kappa shape index (κ3) is 30.0. The minimum atomic E-state index is -0.0314. The van der Waals surface area contributed by atoms with E-state index in [9.17, 15) is 5.11 Å². The number of rotatable bonds is 30. The Hall–Kier alpha value is -0.0400. The first kappa shape index (κ1) is 34.0. The van der Waals surface area contributed by atoms with Crippen LogP contribution in [0.15, 0.2) is 0 Å². The van der Waals surface area contributed by atoms with Crippen LogP contribution in [-0.4, -0.2) is 11.2 Å². The zero-order chi connectivity index (χ0) is 24.8. The average molecular weight is 481 g/mol. The van der Waals surface area contributed by atoms with E-state index >= 15 is 0 Å². The molecule has 0 amide bonds. The molecular formula is C33H68O. The Bertz CT molecular complexity index is 339. The van der Waals surface area contributed by atoms with Crippen LogP contribution in [0.1, 0.15) is 206 Å². The number of hydrogen-bond donors (Lipinski definition) is 1. The van der Waals surface area contributed by atoms with Crippen molar-refractivity contribution in [2.24, 2.45) is 0 Å². The summed E-state index contributed by atoms with van der Waals surface area (Å²) < 4.78 is 0. The first-order valence-corrected chi connectivity index (χ1v) is 16.5. The Balaban J connectivity index is 3.05. The molecule has 0 aliphatic heterocycles. The van der Waals surface area contributed by atoms with Crippen molar-refractivity contribution >= 4 is 0 Å². The second-order valence-electron chi connectivity index (χ2n) is 11.4. The van der Waals surface area contributed by atoms with Gasteiger partial charge in [0.2, 0.25) is 0 Å². The standard InChI is InChI=1S/C33H68O/c1-3-5-7-8-9-10-11-12-13-14-15-16-17-18-19-20-21-22-23-24-25-26-27-28-30-32-33(34)31-29-6-4-2/h33-34H,3-32H2,1-2H3/t33-/m1/s1. The van der Waals surface area contributed by atoms with E-state index in [0.29, 0.717) is 0 Å². The molecule has 0 heterocycles. The van der Waals surface area contributed by atoms with E-state index in [0.717, 1.165) is 12.8 Å². The van der Waals surface area contributed by atoms with Gasteiger partial charge < -0.3 is 5.11 Å². The van der Waals surface area contributed by atoms with E-state index in [1.165, 1.54) is 180 Å². The molecule has 1 heteroatoms. The van der Waals surface area contributed by atoms with Crippen molar-refractivity contribution in [3.63, 3.8) is 0 Å². The molecule has 0 aromatic heterocycles. The highest BCUT2D eigenvalue weighted by atomic mass is 16.3. The number of aliphatic hydroxyl groups is 1. The van der Waals surface area contributed by atoms with Gasteiger partial charge in [-0.05, 0) is 12.8 Å². The highest BCUT2D eigenvalue weighted by Gasteiger charge is 2.03. The number of hydrogen-bond acceptors (Lipinski definition) is 1. The lowest BCUT2D eigenvalue weighted by molar-refractivity contribution is 0.147. The van der Waals surface area contributed by atoms with Crippen molar-refractivity contribution in [3.8, 4) is 0 Å². The third-order valence-corrected chi connectivity index (χ3v) is 7.78. The van der Waals surface area contributed by atoms with Crippen LogP contribution in [0.4, 0.5) is 0 Å². The first-order chi connectivity index (χ1) is 16.8. The highest BCUT2D eigenvalue weighted by Crippen LogP contribution is 2.16. The molecule has 0 saturated carbocycles.